The molecular formula is C15H19N5O2. The van der Waals surface area contributed by atoms with Crippen LogP contribution in [0.4, 0.5) is 5.69 Å². The molecule has 2 aromatic carbocycles. The molecule has 0 saturated carbocycles. The van der Waals surface area contributed by atoms with Crippen molar-refractivity contribution in [1.29, 1.82) is 5.41 Å². The Balaban J connectivity index is 0.00000116. The molecule has 2 aromatic rings. The van der Waals surface area contributed by atoms with E-state index in [4.69, 9.17) is 16.2 Å². The number of hydrazine groups is 1. The van der Waals surface area contributed by atoms with Gasteiger partial charge in [0.2, 0.25) is 0 Å². The molecule has 0 aliphatic rings. The molecule has 0 spiro atoms. The number of amidine groups is 1. The van der Waals surface area contributed by atoms with Gasteiger partial charge in [-0.2, -0.15) is 0 Å². The minimum Gasteiger partial charge on any atom is -0.478 e. The normalized spacial score (nSPS) is 9.36. The number of carbonyl (C=O) groups is 1. The lowest BCUT2D eigenvalue weighted by Crippen LogP contribution is -2.10. The fourth-order valence-corrected chi connectivity index (χ4v) is 1.79. The molecule has 0 amide bonds. The lowest BCUT2D eigenvalue weighted by Gasteiger charge is -2.08. The molecule has 0 aromatic heterocycles. The molecule has 0 radical (unpaired) electrons. The van der Waals surface area contributed by atoms with E-state index in [-0.39, 0.29) is 11.4 Å². The van der Waals surface area contributed by atoms with E-state index in [1.54, 1.807) is 30.3 Å². The number of anilines is 1. The highest BCUT2D eigenvalue weighted by Crippen LogP contribution is 2.12. The predicted molar refractivity (Wildman–Crippen MR) is 86.6 cm³/mol. The van der Waals surface area contributed by atoms with Crippen LogP contribution in [0.3, 0.4) is 0 Å². The predicted octanol–water partition coefficient (Wildman–Crippen LogP) is 1.10. The smallest absolute Gasteiger partial charge is 0.335 e. The zero-order valence-corrected chi connectivity index (χ0v) is 11.9. The van der Waals surface area contributed by atoms with Gasteiger partial charge in [-0.05, 0) is 42.0 Å². The number of aromatic carboxylic acids is 1. The summed E-state index contributed by atoms with van der Waals surface area (Å²) >= 11 is 0. The molecule has 0 aliphatic carbocycles. The van der Waals surface area contributed by atoms with E-state index in [2.05, 4.69) is 17.0 Å². The number of carboxylic acids is 1. The second-order valence-corrected chi connectivity index (χ2v) is 4.35. The summed E-state index contributed by atoms with van der Waals surface area (Å²) in [5.74, 6) is 7.10. The van der Waals surface area contributed by atoms with E-state index >= 15 is 0 Å². The minimum atomic E-state index is -0.933. The first-order valence-electron chi connectivity index (χ1n) is 6.40. The molecule has 0 atom stereocenters. The van der Waals surface area contributed by atoms with Crippen LogP contribution in [0.15, 0.2) is 48.5 Å². The van der Waals surface area contributed by atoms with Crippen molar-refractivity contribution < 1.29 is 9.90 Å². The molecule has 0 heterocycles. The molecular weight excluding hydrogens is 282 g/mol. The van der Waals surface area contributed by atoms with Gasteiger partial charge in [0, 0.05) is 17.8 Å². The Morgan fingerprint density at radius 1 is 1.09 bits per heavy atom. The number of nitrogen functional groups attached to an aromatic ring is 1. The Hall–Kier alpha value is -2.90. The highest BCUT2D eigenvalue weighted by Gasteiger charge is 2.03. The number of nitrogens with one attached hydrogen (secondary N) is 2. The maximum absolute atomic E-state index is 10.9. The number of rotatable bonds is 5. The maximum atomic E-state index is 10.9. The van der Waals surface area contributed by atoms with Crippen molar-refractivity contribution in [3.05, 3.63) is 65.2 Å². The largest absolute Gasteiger partial charge is 0.478 e. The van der Waals surface area contributed by atoms with Crippen molar-refractivity contribution in [3.63, 3.8) is 0 Å². The first-order chi connectivity index (χ1) is 10.6. The molecule has 0 bridgehead atoms. The van der Waals surface area contributed by atoms with Crippen molar-refractivity contribution in [2.75, 3.05) is 5.32 Å². The van der Waals surface area contributed by atoms with Gasteiger partial charge in [-0.15, -0.1) is 0 Å². The monoisotopic (exact) mass is 301 g/mol. The molecule has 7 heteroatoms. The van der Waals surface area contributed by atoms with Gasteiger partial charge >= 0.3 is 5.97 Å². The Morgan fingerprint density at radius 2 is 1.73 bits per heavy atom. The van der Waals surface area contributed by atoms with Gasteiger partial charge in [-0.25, -0.2) is 4.79 Å². The third-order valence-corrected chi connectivity index (χ3v) is 2.87. The topological polar surface area (TPSA) is 151 Å². The van der Waals surface area contributed by atoms with Crippen molar-refractivity contribution in [3.8, 4) is 0 Å². The van der Waals surface area contributed by atoms with Gasteiger partial charge in [0.15, 0.2) is 0 Å². The molecule has 9 N–H and O–H groups in total. The van der Waals surface area contributed by atoms with Crippen LogP contribution < -0.4 is 22.7 Å². The van der Waals surface area contributed by atoms with Crippen LogP contribution in [-0.2, 0) is 6.54 Å². The summed E-state index contributed by atoms with van der Waals surface area (Å²) in [6, 6.07) is 14.0. The van der Waals surface area contributed by atoms with Gasteiger partial charge in [-0.3, -0.25) is 17.1 Å². The van der Waals surface area contributed by atoms with Crippen LogP contribution in [-0.4, -0.2) is 16.9 Å². The lowest BCUT2D eigenvalue weighted by atomic mass is 10.1. The van der Waals surface area contributed by atoms with Crippen LogP contribution in [0.25, 0.3) is 0 Å². The van der Waals surface area contributed by atoms with Crippen molar-refractivity contribution in [2.45, 2.75) is 6.54 Å². The number of benzene rings is 2. The van der Waals surface area contributed by atoms with Crippen molar-refractivity contribution in [2.24, 2.45) is 17.4 Å². The molecule has 7 nitrogen and oxygen atoms in total. The number of nitrogens with two attached hydrogens (primary N) is 3. The first-order valence-corrected chi connectivity index (χ1v) is 6.40. The third-order valence-electron chi connectivity index (χ3n) is 2.87. The molecule has 0 aliphatic heterocycles. The molecule has 0 unspecified atom stereocenters. The van der Waals surface area contributed by atoms with Gasteiger partial charge in [-0.1, -0.05) is 12.1 Å². The third kappa shape index (κ3) is 4.89. The lowest BCUT2D eigenvalue weighted by molar-refractivity contribution is 0.0697. The summed E-state index contributed by atoms with van der Waals surface area (Å²) in [6.45, 7) is 0.528. The molecule has 22 heavy (non-hydrogen) atoms. The van der Waals surface area contributed by atoms with Gasteiger partial charge < -0.3 is 16.2 Å². The summed E-state index contributed by atoms with van der Waals surface area (Å²) in [5.41, 5.74) is 8.10. The summed E-state index contributed by atoms with van der Waals surface area (Å²) in [4.78, 5) is 10.9. The minimum absolute atomic E-state index is 0.0331. The Bertz CT molecular complexity index is 641. The van der Waals surface area contributed by atoms with Crippen LogP contribution in [0.2, 0.25) is 0 Å². The molecule has 0 fully saturated rings. The summed E-state index contributed by atoms with van der Waals surface area (Å²) in [7, 11) is 0. The summed E-state index contributed by atoms with van der Waals surface area (Å²) < 4.78 is 0. The van der Waals surface area contributed by atoms with E-state index < -0.39 is 5.97 Å². The zero-order chi connectivity index (χ0) is 16.5. The second-order valence-electron chi connectivity index (χ2n) is 4.35. The highest BCUT2D eigenvalue weighted by molar-refractivity contribution is 5.95. The average molecular weight is 301 g/mol. The molecule has 116 valence electrons. The van der Waals surface area contributed by atoms with Crippen molar-refractivity contribution in [1.82, 2.24) is 0 Å². The van der Waals surface area contributed by atoms with Gasteiger partial charge in [0.05, 0.1) is 5.56 Å². The standard InChI is InChI=1S/C15H15N3O2.H4N2/c16-14(17)11-4-6-13(7-5-11)18-9-10-2-1-3-12(8-10)15(19)20;1-2/h1-8,18H,9H2,(H3,16,17)(H,19,20);1-2H2. The van der Waals surface area contributed by atoms with E-state index in [0.717, 1.165) is 11.3 Å². The van der Waals surface area contributed by atoms with Crippen LogP contribution in [0.5, 0.6) is 0 Å². The summed E-state index contributed by atoms with van der Waals surface area (Å²) in [6.07, 6.45) is 0. The quantitative estimate of drug-likeness (QED) is 0.210. The number of carboxylic acid groups (broad SMARTS) is 1. The average Bonchev–Trinajstić information content (AvgIpc) is 2.55. The number of hydrogen-bond acceptors (Lipinski definition) is 5. The fourth-order valence-electron chi connectivity index (χ4n) is 1.79. The summed E-state index contributed by atoms with van der Waals surface area (Å²) in [5, 5.41) is 19.4. The SMILES string of the molecule is N=C(N)c1ccc(NCc2cccc(C(=O)O)c2)cc1.NN. The second kappa shape index (κ2) is 8.40. The van der Waals surface area contributed by atoms with E-state index in [1.807, 2.05) is 18.2 Å². The Labute approximate surface area is 128 Å². The zero-order valence-electron chi connectivity index (χ0n) is 11.9. The Kier molecular flexibility index (Phi) is 6.55. The number of hydrogen-bond donors (Lipinski definition) is 6. The van der Waals surface area contributed by atoms with Crippen LogP contribution in [0, 0.1) is 5.41 Å². The van der Waals surface area contributed by atoms with E-state index in [1.165, 1.54) is 0 Å². The van der Waals surface area contributed by atoms with Crippen LogP contribution in [0.1, 0.15) is 21.5 Å². The fraction of sp³-hybridized carbons (Fsp3) is 0.0667. The van der Waals surface area contributed by atoms with Gasteiger partial charge in [0.1, 0.15) is 5.84 Å². The van der Waals surface area contributed by atoms with Gasteiger partial charge in [0.25, 0.3) is 0 Å². The highest BCUT2D eigenvalue weighted by atomic mass is 16.4. The van der Waals surface area contributed by atoms with Crippen LogP contribution >= 0.6 is 0 Å². The maximum Gasteiger partial charge on any atom is 0.335 e. The molecule has 2 rings (SSSR count). The molecule has 0 saturated heterocycles. The van der Waals surface area contributed by atoms with E-state index in [0.29, 0.717) is 12.1 Å². The first kappa shape index (κ1) is 17.2. The van der Waals surface area contributed by atoms with E-state index in [9.17, 15) is 4.79 Å². The Morgan fingerprint density at radius 3 is 2.27 bits per heavy atom. The van der Waals surface area contributed by atoms with Crippen molar-refractivity contribution >= 4 is 17.5 Å².